The van der Waals surface area contributed by atoms with E-state index in [1.54, 1.807) is 42.3 Å². The summed E-state index contributed by atoms with van der Waals surface area (Å²) in [7, 11) is 0. The maximum atomic E-state index is 13.2. The first-order valence-electron chi connectivity index (χ1n) is 12.2. The average Bonchev–Trinajstić information content (AvgIpc) is 2.92. The van der Waals surface area contributed by atoms with E-state index >= 15 is 0 Å². The molecule has 11 heteroatoms. The minimum Gasteiger partial charge on any atom is -0.352 e. The molecule has 8 nitrogen and oxygen atoms in total. The van der Waals surface area contributed by atoms with Gasteiger partial charge in [0.05, 0.1) is 24.0 Å². The molecule has 0 spiro atoms. The molecule has 3 N–H and O–H groups in total. The van der Waals surface area contributed by atoms with Crippen molar-refractivity contribution >= 4 is 17.6 Å². The lowest BCUT2D eigenvalue weighted by Crippen LogP contribution is -2.48. The smallest absolute Gasteiger partial charge is 0.352 e. The Hall–Kier alpha value is -3.99. The van der Waals surface area contributed by atoms with Crippen LogP contribution >= 0.6 is 0 Å². The van der Waals surface area contributed by atoms with Crippen molar-refractivity contribution in [3.05, 3.63) is 77.2 Å². The van der Waals surface area contributed by atoms with Crippen LogP contribution in [-0.4, -0.2) is 52.9 Å². The second-order valence-electron chi connectivity index (χ2n) is 9.15. The van der Waals surface area contributed by atoms with Crippen LogP contribution in [-0.2, 0) is 17.5 Å². The normalized spacial score (nSPS) is 14.8. The van der Waals surface area contributed by atoms with Crippen LogP contribution < -0.4 is 16.0 Å². The SMILES string of the molecule is CC(=O)N1CCN(c2cncc(C(=O)N[C@H](C)c3ccc(-c4cc(C(F)(F)F)ccc4CN)cc3)n2)CC1. The van der Waals surface area contributed by atoms with Crippen molar-refractivity contribution in [3.63, 3.8) is 0 Å². The Labute approximate surface area is 218 Å². The van der Waals surface area contributed by atoms with Gasteiger partial charge < -0.3 is 20.9 Å². The van der Waals surface area contributed by atoms with Crippen molar-refractivity contribution in [2.75, 3.05) is 31.1 Å². The van der Waals surface area contributed by atoms with Gasteiger partial charge in [-0.05, 0) is 41.3 Å². The van der Waals surface area contributed by atoms with Gasteiger partial charge in [0.2, 0.25) is 5.91 Å². The van der Waals surface area contributed by atoms with Crippen LogP contribution in [0.5, 0.6) is 0 Å². The second-order valence-corrected chi connectivity index (χ2v) is 9.15. The standard InChI is InChI=1S/C27H29F3N6O2/c1-17(19-3-5-20(6-4-19)23-13-22(27(28,29)30)8-7-21(23)14-31)33-26(38)24-15-32-16-25(34-24)36-11-9-35(10-12-36)18(2)37/h3-8,13,15-17H,9-12,14,31H2,1-2H3,(H,33,38)/t17-/m1/s1. The summed E-state index contributed by atoms with van der Waals surface area (Å²) in [6, 6.07) is 10.1. The fraction of sp³-hybridized carbons (Fsp3) is 0.333. The molecular formula is C27H29F3N6O2. The zero-order valence-corrected chi connectivity index (χ0v) is 21.1. The molecule has 200 valence electrons. The molecular weight excluding hydrogens is 497 g/mol. The molecule has 1 aliphatic rings. The van der Waals surface area contributed by atoms with Crippen LogP contribution in [0.1, 0.15) is 47.1 Å². The van der Waals surface area contributed by atoms with E-state index in [-0.39, 0.29) is 18.1 Å². The number of nitrogens with one attached hydrogen (secondary N) is 1. The Balaban J connectivity index is 1.44. The fourth-order valence-electron chi connectivity index (χ4n) is 4.37. The number of carbonyl (C=O) groups is 2. The Morgan fingerprint density at radius 3 is 2.34 bits per heavy atom. The molecule has 2 aromatic carbocycles. The van der Waals surface area contributed by atoms with Gasteiger partial charge in [-0.2, -0.15) is 13.2 Å². The number of halogens is 3. The van der Waals surface area contributed by atoms with Crippen molar-refractivity contribution in [2.24, 2.45) is 5.73 Å². The number of amides is 2. The van der Waals surface area contributed by atoms with Crippen LogP contribution in [0, 0.1) is 0 Å². The minimum atomic E-state index is -4.45. The number of carbonyl (C=O) groups excluding carboxylic acids is 2. The van der Waals surface area contributed by atoms with Gasteiger partial charge in [0.15, 0.2) is 0 Å². The van der Waals surface area contributed by atoms with Crippen LogP contribution in [0.3, 0.4) is 0 Å². The number of anilines is 1. The van der Waals surface area contributed by atoms with Crippen LogP contribution in [0.4, 0.5) is 19.0 Å². The highest BCUT2D eigenvalue weighted by atomic mass is 19.4. The van der Waals surface area contributed by atoms with Gasteiger partial charge >= 0.3 is 6.18 Å². The summed E-state index contributed by atoms with van der Waals surface area (Å²) in [5.74, 6) is 0.191. The number of nitrogens with zero attached hydrogens (tertiary/aromatic N) is 4. The maximum absolute atomic E-state index is 13.2. The minimum absolute atomic E-state index is 0.0283. The molecule has 38 heavy (non-hydrogen) atoms. The van der Waals surface area contributed by atoms with E-state index in [9.17, 15) is 22.8 Å². The summed E-state index contributed by atoms with van der Waals surface area (Å²) in [5, 5.41) is 2.89. The van der Waals surface area contributed by atoms with Gasteiger partial charge in [-0.25, -0.2) is 4.98 Å². The quantitative estimate of drug-likeness (QED) is 0.507. The Morgan fingerprint density at radius 2 is 1.74 bits per heavy atom. The summed E-state index contributed by atoms with van der Waals surface area (Å²) in [6.45, 7) is 5.80. The predicted molar refractivity (Wildman–Crippen MR) is 137 cm³/mol. The third-order valence-corrected chi connectivity index (χ3v) is 6.63. The third kappa shape index (κ3) is 6.10. The van der Waals surface area contributed by atoms with Gasteiger partial charge in [0.25, 0.3) is 5.91 Å². The summed E-state index contributed by atoms with van der Waals surface area (Å²) in [6.07, 6.45) is -1.47. The average molecular weight is 527 g/mol. The Morgan fingerprint density at radius 1 is 1.05 bits per heavy atom. The fourth-order valence-corrected chi connectivity index (χ4v) is 4.37. The lowest BCUT2D eigenvalue weighted by Gasteiger charge is -2.34. The van der Waals surface area contributed by atoms with Crippen molar-refractivity contribution in [3.8, 4) is 11.1 Å². The largest absolute Gasteiger partial charge is 0.416 e. The van der Waals surface area contributed by atoms with Gasteiger partial charge in [-0.15, -0.1) is 0 Å². The first kappa shape index (κ1) is 27.1. The van der Waals surface area contributed by atoms with E-state index in [0.29, 0.717) is 48.7 Å². The molecule has 0 radical (unpaired) electrons. The second kappa shape index (κ2) is 11.2. The number of nitrogens with two attached hydrogens (primary N) is 1. The van der Waals surface area contributed by atoms with Crippen LogP contribution in [0.2, 0.25) is 0 Å². The van der Waals surface area contributed by atoms with Crippen molar-refractivity contribution in [2.45, 2.75) is 32.6 Å². The van der Waals surface area contributed by atoms with Gasteiger partial charge in [0, 0.05) is 39.6 Å². The molecule has 3 aromatic rings. The number of alkyl halides is 3. The molecule has 2 heterocycles. The summed E-state index contributed by atoms with van der Waals surface area (Å²) >= 11 is 0. The topological polar surface area (TPSA) is 104 Å². The van der Waals surface area contributed by atoms with Crippen molar-refractivity contribution in [1.82, 2.24) is 20.2 Å². The van der Waals surface area contributed by atoms with Crippen LogP contribution in [0.15, 0.2) is 54.9 Å². The first-order chi connectivity index (χ1) is 18.1. The number of benzene rings is 2. The number of rotatable bonds is 6. The first-order valence-corrected chi connectivity index (χ1v) is 12.2. The molecule has 1 fully saturated rings. The number of piperazine rings is 1. The number of hydrogen-bond donors (Lipinski definition) is 2. The third-order valence-electron chi connectivity index (χ3n) is 6.63. The van der Waals surface area contributed by atoms with E-state index in [1.165, 1.54) is 19.2 Å². The molecule has 1 aromatic heterocycles. The molecule has 2 amide bonds. The molecule has 0 unspecified atom stereocenters. The molecule has 1 aliphatic heterocycles. The molecule has 1 saturated heterocycles. The van der Waals surface area contributed by atoms with E-state index in [4.69, 9.17) is 5.73 Å². The lowest BCUT2D eigenvalue weighted by atomic mass is 9.95. The van der Waals surface area contributed by atoms with Gasteiger partial charge in [0.1, 0.15) is 11.5 Å². The molecule has 1 atom stereocenters. The lowest BCUT2D eigenvalue weighted by molar-refractivity contribution is -0.137. The van der Waals surface area contributed by atoms with E-state index < -0.39 is 23.7 Å². The number of hydrogen-bond acceptors (Lipinski definition) is 6. The predicted octanol–water partition coefficient (Wildman–Crippen LogP) is 3.78. The van der Waals surface area contributed by atoms with Crippen molar-refractivity contribution < 1.29 is 22.8 Å². The highest BCUT2D eigenvalue weighted by Gasteiger charge is 2.31. The highest BCUT2D eigenvalue weighted by molar-refractivity contribution is 5.92. The van der Waals surface area contributed by atoms with Gasteiger partial charge in [-0.3, -0.25) is 14.6 Å². The van der Waals surface area contributed by atoms with Crippen LogP contribution in [0.25, 0.3) is 11.1 Å². The molecule has 0 bridgehead atoms. The van der Waals surface area contributed by atoms with E-state index in [0.717, 1.165) is 17.7 Å². The molecule has 0 aliphatic carbocycles. The number of aromatic nitrogens is 2. The molecule has 4 rings (SSSR count). The van der Waals surface area contributed by atoms with E-state index in [2.05, 4.69) is 15.3 Å². The maximum Gasteiger partial charge on any atom is 0.416 e. The summed E-state index contributed by atoms with van der Waals surface area (Å²) < 4.78 is 39.7. The van der Waals surface area contributed by atoms with E-state index in [1.807, 2.05) is 4.90 Å². The summed E-state index contributed by atoms with van der Waals surface area (Å²) in [5.41, 5.74) is 7.57. The zero-order valence-electron chi connectivity index (χ0n) is 21.1. The molecule has 0 saturated carbocycles. The van der Waals surface area contributed by atoms with Gasteiger partial charge in [-0.1, -0.05) is 30.3 Å². The highest BCUT2D eigenvalue weighted by Crippen LogP contribution is 2.34. The van der Waals surface area contributed by atoms with Crippen molar-refractivity contribution in [1.29, 1.82) is 0 Å². The Kier molecular flexibility index (Phi) is 7.96. The Bertz CT molecular complexity index is 1300. The monoisotopic (exact) mass is 526 g/mol. The summed E-state index contributed by atoms with van der Waals surface area (Å²) in [4.78, 5) is 36.8. The zero-order chi connectivity index (χ0) is 27.4.